The highest BCUT2D eigenvalue weighted by molar-refractivity contribution is 5.82. The van der Waals surface area contributed by atoms with Crippen molar-refractivity contribution in [3.05, 3.63) is 101 Å². The maximum atomic E-state index is 12.4. The second-order valence-corrected chi connectivity index (χ2v) is 8.57. The first-order valence-corrected chi connectivity index (χ1v) is 11.3. The Morgan fingerprint density at radius 2 is 1.65 bits per heavy atom. The van der Waals surface area contributed by atoms with Crippen LogP contribution in [-0.2, 0) is 4.74 Å². The van der Waals surface area contributed by atoms with Gasteiger partial charge in [0.15, 0.2) is 0 Å². The number of rotatable bonds is 6. The maximum Gasteiger partial charge on any atom is 0.407 e. The number of aliphatic hydroxyl groups excluding tert-OH is 2. The first kappa shape index (κ1) is 22.1. The molecule has 0 radical (unpaired) electrons. The summed E-state index contributed by atoms with van der Waals surface area (Å²) in [5.74, 6) is -0.0404. The van der Waals surface area contributed by atoms with E-state index < -0.39 is 18.3 Å². The molecule has 0 fully saturated rings. The van der Waals surface area contributed by atoms with Crippen molar-refractivity contribution in [2.75, 3.05) is 13.2 Å². The van der Waals surface area contributed by atoms with Gasteiger partial charge >= 0.3 is 6.09 Å². The van der Waals surface area contributed by atoms with Gasteiger partial charge in [-0.05, 0) is 46.4 Å². The minimum absolute atomic E-state index is 0.0404. The normalized spacial score (nSPS) is 14.3. The third-order valence-electron chi connectivity index (χ3n) is 6.55. The van der Waals surface area contributed by atoms with Gasteiger partial charge < -0.3 is 20.3 Å². The number of carbonyl (C=O) groups is 1. The van der Waals surface area contributed by atoms with Crippen molar-refractivity contribution in [1.82, 2.24) is 10.3 Å². The highest BCUT2D eigenvalue weighted by Crippen LogP contribution is 2.44. The van der Waals surface area contributed by atoms with E-state index in [9.17, 15) is 15.0 Å². The number of alkyl carbamates (subject to hydrolysis) is 1. The summed E-state index contributed by atoms with van der Waals surface area (Å²) in [5.41, 5.74) is 6.73. The molecule has 1 aromatic heterocycles. The van der Waals surface area contributed by atoms with Gasteiger partial charge in [-0.1, -0.05) is 66.7 Å². The Hall–Kier alpha value is -3.74. The van der Waals surface area contributed by atoms with E-state index in [-0.39, 0.29) is 19.1 Å². The van der Waals surface area contributed by atoms with Gasteiger partial charge in [0.1, 0.15) is 18.8 Å². The van der Waals surface area contributed by atoms with Gasteiger partial charge in [-0.15, -0.1) is 0 Å². The van der Waals surface area contributed by atoms with Gasteiger partial charge in [0, 0.05) is 24.0 Å². The number of nitrogens with one attached hydrogen (secondary N) is 1. The van der Waals surface area contributed by atoms with E-state index in [1.807, 2.05) is 49.4 Å². The minimum atomic E-state index is -1.19. The molecule has 0 saturated carbocycles. The topological polar surface area (TPSA) is 91.7 Å². The predicted molar refractivity (Wildman–Crippen MR) is 131 cm³/mol. The number of aliphatic hydroxyl groups is 2. The second-order valence-electron chi connectivity index (χ2n) is 8.57. The summed E-state index contributed by atoms with van der Waals surface area (Å²) in [5, 5.41) is 24.7. The lowest BCUT2D eigenvalue weighted by molar-refractivity contribution is 0.0183. The van der Waals surface area contributed by atoms with E-state index in [0.29, 0.717) is 5.56 Å². The third-order valence-corrected chi connectivity index (χ3v) is 6.55. The zero-order valence-corrected chi connectivity index (χ0v) is 18.8. The van der Waals surface area contributed by atoms with Crippen LogP contribution in [0.3, 0.4) is 0 Å². The number of aryl methyl sites for hydroxylation is 1. The van der Waals surface area contributed by atoms with Gasteiger partial charge in [0.2, 0.25) is 0 Å². The lowest BCUT2D eigenvalue weighted by Gasteiger charge is -2.21. The summed E-state index contributed by atoms with van der Waals surface area (Å²) in [6.45, 7) is 1.91. The largest absolute Gasteiger partial charge is 0.449 e. The minimum Gasteiger partial charge on any atom is -0.449 e. The van der Waals surface area contributed by atoms with Gasteiger partial charge in [0.05, 0.1) is 5.52 Å². The molecule has 1 amide bonds. The van der Waals surface area contributed by atoms with E-state index in [2.05, 4.69) is 34.6 Å². The van der Waals surface area contributed by atoms with E-state index in [1.54, 1.807) is 12.3 Å². The van der Waals surface area contributed by atoms with E-state index in [1.165, 1.54) is 0 Å². The molecule has 6 heteroatoms. The zero-order chi connectivity index (χ0) is 23.7. The number of pyridine rings is 1. The van der Waals surface area contributed by atoms with Gasteiger partial charge in [-0.25, -0.2) is 4.79 Å². The summed E-state index contributed by atoms with van der Waals surface area (Å²) >= 11 is 0. The van der Waals surface area contributed by atoms with Crippen molar-refractivity contribution < 1.29 is 19.7 Å². The van der Waals surface area contributed by atoms with E-state index >= 15 is 0 Å². The Labute approximate surface area is 197 Å². The number of amides is 1. The fourth-order valence-electron chi connectivity index (χ4n) is 4.78. The molecule has 34 heavy (non-hydrogen) atoms. The molecule has 1 aliphatic rings. The zero-order valence-electron chi connectivity index (χ0n) is 18.8. The molecule has 0 saturated heterocycles. The van der Waals surface area contributed by atoms with E-state index in [4.69, 9.17) is 4.74 Å². The van der Waals surface area contributed by atoms with Crippen molar-refractivity contribution in [2.24, 2.45) is 0 Å². The molecule has 1 aliphatic carbocycles. The van der Waals surface area contributed by atoms with Crippen LogP contribution in [0, 0.1) is 6.92 Å². The number of fused-ring (bicyclic) bond motifs is 4. The molecule has 2 atom stereocenters. The first-order chi connectivity index (χ1) is 16.5. The molecule has 6 nitrogen and oxygen atoms in total. The number of hydrogen-bond acceptors (Lipinski definition) is 5. The fourth-order valence-corrected chi connectivity index (χ4v) is 4.78. The van der Waals surface area contributed by atoms with Crippen molar-refractivity contribution in [3.63, 3.8) is 0 Å². The van der Waals surface area contributed by atoms with E-state index in [0.717, 1.165) is 38.7 Å². The Morgan fingerprint density at radius 3 is 2.35 bits per heavy atom. The Balaban J connectivity index is 1.21. The lowest BCUT2D eigenvalue weighted by atomic mass is 9.97. The molecular formula is C28H26N2O4. The number of carbonyl (C=O) groups excluding carboxylic acids is 1. The number of benzene rings is 3. The van der Waals surface area contributed by atoms with Crippen molar-refractivity contribution >= 4 is 17.0 Å². The van der Waals surface area contributed by atoms with Crippen LogP contribution in [0.25, 0.3) is 22.0 Å². The molecule has 0 aliphatic heterocycles. The van der Waals surface area contributed by atoms with Gasteiger partial charge in [-0.3, -0.25) is 4.98 Å². The van der Waals surface area contributed by atoms with Crippen LogP contribution >= 0.6 is 0 Å². The SMILES string of the molecule is Cc1c(C(O)C(O)CNC(=O)OCC2c3ccccc3-c3ccccc32)ccc2cccnc12. The highest BCUT2D eigenvalue weighted by Gasteiger charge is 2.29. The molecule has 4 aromatic rings. The summed E-state index contributed by atoms with van der Waals surface area (Å²) in [6.07, 6.45) is -1.30. The standard InChI is InChI=1S/C28H26N2O4/c1-17-19(13-12-18-7-6-14-29-26(17)18)27(32)25(31)15-30-28(33)34-16-24-22-10-4-2-8-20(22)21-9-3-5-11-23(21)24/h2-14,24-25,27,31-32H,15-16H2,1H3,(H,30,33). The number of nitrogens with zero attached hydrogens (tertiary/aromatic N) is 1. The molecule has 1 heterocycles. The smallest absolute Gasteiger partial charge is 0.407 e. The third kappa shape index (κ3) is 4.02. The molecule has 5 rings (SSSR count). The average Bonchev–Trinajstić information content (AvgIpc) is 3.19. The highest BCUT2D eigenvalue weighted by atomic mass is 16.5. The molecule has 0 spiro atoms. The molecular weight excluding hydrogens is 428 g/mol. The Morgan fingerprint density at radius 1 is 0.971 bits per heavy atom. The van der Waals surface area contributed by atoms with Gasteiger partial charge in [0.25, 0.3) is 0 Å². The summed E-state index contributed by atoms with van der Waals surface area (Å²) in [7, 11) is 0. The Bertz CT molecular complexity index is 1310. The van der Waals surface area contributed by atoms with Crippen molar-refractivity contribution in [1.29, 1.82) is 0 Å². The molecule has 3 N–H and O–H groups in total. The monoisotopic (exact) mass is 454 g/mol. The molecule has 172 valence electrons. The number of hydrogen-bond donors (Lipinski definition) is 3. The fraction of sp³-hybridized carbons (Fsp3) is 0.214. The second kappa shape index (κ2) is 9.25. The maximum absolute atomic E-state index is 12.4. The van der Waals surface area contributed by atoms with Crippen LogP contribution in [-0.4, -0.2) is 40.5 Å². The predicted octanol–water partition coefficient (Wildman–Crippen LogP) is 4.48. The first-order valence-electron chi connectivity index (χ1n) is 11.3. The summed E-state index contributed by atoms with van der Waals surface area (Å²) in [4.78, 5) is 16.8. The summed E-state index contributed by atoms with van der Waals surface area (Å²) < 4.78 is 5.50. The number of ether oxygens (including phenoxy) is 1. The van der Waals surface area contributed by atoms with Crippen LogP contribution < -0.4 is 5.32 Å². The number of aromatic nitrogens is 1. The van der Waals surface area contributed by atoms with Crippen LogP contribution in [0.1, 0.15) is 34.3 Å². The van der Waals surface area contributed by atoms with Crippen molar-refractivity contribution in [3.8, 4) is 11.1 Å². The molecule has 3 aromatic carbocycles. The lowest BCUT2D eigenvalue weighted by Crippen LogP contribution is -2.36. The average molecular weight is 455 g/mol. The molecule has 0 bridgehead atoms. The van der Waals surface area contributed by atoms with Crippen LogP contribution in [0.15, 0.2) is 79.0 Å². The van der Waals surface area contributed by atoms with Gasteiger partial charge in [-0.2, -0.15) is 0 Å². The van der Waals surface area contributed by atoms with Crippen LogP contribution in [0.5, 0.6) is 0 Å². The Kier molecular flexibility index (Phi) is 6.01. The van der Waals surface area contributed by atoms with Crippen LogP contribution in [0.4, 0.5) is 4.79 Å². The molecule has 2 unspecified atom stereocenters. The van der Waals surface area contributed by atoms with Crippen molar-refractivity contribution in [2.45, 2.75) is 25.0 Å². The van der Waals surface area contributed by atoms with Crippen LogP contribution in [0.2, 0.25) is 0 Å². The quantitative estimate of drug-likeness (QED) is 0.400. The summed E-state index contributed by atoms with van der Waals surface area (Å²) in [6, 6.07) is 23.7.